The highest BCUT2D eigenvalue weighted by Gasteiger charge is 2.30. The van der Waals surface area contributed by atoms with Crippen LogP contribution in [0.3, 0.4) is 0 Å². The zero-order chi connectivity index (χ0) is 12.3. The molecule has 0 atom stereocenters. The van der Waals surface area contributed by atoms with Crippen LogP contribution in [-0.2, 0) is 6.54 Å². The minimum Gasteiger partial charge on any atom is -0.368 e. The van der Waals surface area contributed by atoms with E-state index >= 15 is 0 Å². The lowest BCUT2D eigenvalue weighted by Gasteiger charge is -2.27. The van der Waals surface area contributed by atoms with Crippen LogP contribution in [0.1, 0.15) is 31.7 Å². The lowest BCUT2D eigenvalue weighted by Crippen LogP contribution is -2.28. The van der Waals surface area contributed by atoms with Gasteiger partial charge in [0.05, 0.1) is 0 Å². The minimum absolute atomic E-state index is 0.740. The van der Waals surface area contributed by atoms with Crippen molar-refractivity contribution in [1.82, 2.24) is 5.32 Å². The van der Waals surface area contributed by atoms with Crippen molar-refractivity contribution in [3.8, 4) is 0 Å². The van der Waals surface area contributed by atoms with Crippen LogP contribution in [0.25, 0.3) is 0 Å². The van der Waals surface area contributed by atoms with Gasteiger partial charge >= 0.3 is 0 Å². The maximum Gasteiger partial charge on any atom is 0.0471 e. The molecule has 0 radical (unpaired) electrons. The van der Waals surface area contributed by atoms with Gasteiger partial charge in [-0.1, -0.05) is 24.6 Å². The molecule has 0 aliphatic heterocycles. The zero-order valence-electron chi connectivity index (χ0n) is 10.7. The van der Waals surface area contributed by atoms with Gasteiger partial charge in [-0.3, -0.25) is 0 Å². The number of rotatable bonds is 6. The van der Waals surface area contributed by atoms with Crippen LogP contribution < -0.4 is 10.2 Å². The highest BCUT2D eigenvalue weighted by atomic mass is 35.5. The smallest absolute Gasteiger partial charge is 0.0471 e. The molecule has 1 aromatic rings. The molecule has 1 fully saturated rings. The Bertz CT molecular complexity index is 374. The molecule has 0 bridgehead atoms. The number of nitrogens with one attached hydrogen (secondary N) is 1. The van der Waals surface area contributed by atoms with Crippen LogP contribution in [-0.4, -0.2) is 19.6 Å². The summed E-state index contributed by atoms with van der Waals surface area (Å²) in [7, 11) is 1.97. The van der Waals surface area contributed by atoms with E-state index in [4.69, 9.17) is 11.6 Å². The number of nitrogens with zero attached hydrogens (tertiary/aromatic N) is 1. The third-order valence-corrected chi connectivity index (χ3v) is 3.56. The Morgan fingerprint density at radius 2 is 2.18 bits per heavy atom. The number of hydrogen-bond donors (Lipinski definition) is 1. The number of hydrogen-bond acceptors (Lipinski definition) is 2. The van der Waals surface area contributed by atoms with Crippen molar-refractivity contribution in [1.29, 1.82) is 0 Å². The average Bonchev–Trinajstić information content (AvgIpc) is 3.13. The summed E-state index contributed by atoms with van der Waals surface area (Å²) < 4.78 is 0. The Morgan fingerprint density at radius 3 is 2.76 bits per heavy atom. The minimum atomic E-state index is 0.740. The molecule has 1 saturated carbocycles. The fourth-order valence-electron chi connectivity index (χ4n) is 2.29. The van der Waals surface area contributed by atoms with Gasteiger partial charge in [-0.25, -0.2) is 0 Å². The van der Waals surface area contributed by atoms with Gasteiger partial charge in [0, 0.05) is 35.4 Å². The van der Waals surface area contributed by atoms with E-state index in [2.05, 4.69) is 29.3 Å². The molecule has 1 aliphatic rings. The summed E-state index contributed by atoms with van der Waals surface area (Å²) in [4.78, 5) is 2.53. The monoisotopic (exact) mass is 252 g/mol. The van der Waals surface area contributed by atoms with Crippen LogP contribution >= 0.6 is 11.6 Å². The summed E-state index contributed by atoms with van der Waals surface area (Å²) in [5, 5.41) is 4.08. The summed E-state index contributed by atoms with van der Waals surface area (Å²) in [6.45, 7) is 4.20. The van der Waals surface area contributed by atoms with E-state index in [0.29, 0.717) is 0 Å². The van der Waals surface area contributed by atoms with Crippen molar-refractivity contribution in [2.24, 2.45) is 0 Å². The molecule has 0 spiro atoms. The predicted molar refractivity (Wildman–Crippen MR) is 74.9 cm³/mol. The van der Waals surface area contributed by atoms with E-state index in [1.165, 1.54) is 30.5 Å². The first-order valence-corrected chi connectivity index (χ1v) is 6.84. The second kappa shape index (κ2) is 5.74. The van der Waals surface area contributed by atoms with Crippen molar-refractivity contribution in [3.63, 3.8) is 0 Å². The van der Waals surface area contributed by atoms with Crippen LogP contribution in [0.15, 0.2) is 18.2 Å². The highest BCUT2D eigenvalue weighted by Crippen LogP contribution is 2.36. The molecule has 94 valence electrons. The lowest BCUT2D eigenvalue weighted by molar-refractivity contribution is 0.745. The molecule has 2 nitrogen and oxygen atoms in total. The first-order chi connectivity index (χ1) is 8.27. The number of anilines is 1. The molecule has 2 rings (SSSR count). The number of benzene rings is 1. The van der Waals surface area contributed by atoms with Crippen LogP contribution in [0.5, 0.6) is 0 Å². The van der Waals surface area contributed by atoms with Crippen molar-refractivity contribution in [3.05, 3.63) is 28.8 Å². The molecular weight excluding hydrogens is 232 g/mol. The Morgan fingerprint density at radius 1 is 1.41 bits per heavy atom. The van der Waals surface area contributed by atoms with E-state index in [1.807, 2.05) is 13.1 Å². The second-order valence-electron chi connectivity index (χ2n) is 4.69. The Hall–Kier alpha value is -0.730. The maximum atomic E-state index is 6.31. The molecule has 0 amide bonds. The quantitative estimate of drug-likeness (QED) is 0.835. The molecule has 17 heavy (non-hydrogen) atoms. The maximum absolute atomic E-state index is 6.31. The van der Waals surface area contributed by atoms with E-state index in [0.717, 1.165) is 24.2 Å². The van der Waals surface area contributed by atoms with E-state index in [-0.39, 0.29) is 0 Å². The molecule has 0 saturated heterocycles. The van der Waals surface area contributed by atoms with Crippen LogP contribution in [0.4, 0.5) is 5.69 Å². The van der Waals surface area contributed by atoms with Crippen molar-refractivity contribution >= 4 is 17.3 Å². The standard InChI is InChI=1S/C14H21ClN2/c1-3-9-17(11-7-8-11)14-6-4-5-13(15)12(14)10-16-2/h4-6,11,16H,3,7-10H2,1-2H3. The molecule has 0 aromatic heterocycles. The summed E-state index contributed by atoms with van der Waals surface area (Å²) in [5.74, 6) is 0. The predicted octanol–water partition coefficient (Wildman–Crippen LogP) is 3.44. The van der Waals surface area contributed by atoms with Gasteiger partial charge in [-0.05, 0) is 38.4 Å². The summed E-state index contributed by atoms with van der Waals surface area (Å²) in [6.07, 6.45) is 3.83. The Balaban J connectivity index is 2.30. The van der Waals surface area contributed by atoms with Crippen LogP contribution in [0, 0.1) is 0 Å². The first-order valence-electron chi connectivity index (χ1n) is 6.46. The van der Waals surface area contributed by atoms with Gasteiger partial charge in [0.2, 0.25) is 0 Å². The summed E-state index contributed by atoms with van der Waals surface area (Å²) >= 11 is 6.31. The SMILES string of the molecule is CCCN(c1cccc(Cl)c1CNC)C1CC1. The van der Waals surface area contributed by atoms with Gasteiger partial charge in [-0.2, -0.15) is 0 Å². The normalized spacial score (nSPS) is 15.0. The van der Waals surface area contributed by atoms with E-state index in [9.17, 15) is 0 Å². The van der Waals surface area contributed by atoms with E-state index < -0.39 is 0 Å². The third-order valence-electron chi connectivity index (χ3n) is 3.21. The van der Waals surface area contributed by atoms with Gasteiger partial charge < -0.3 is 10.2 Å². The van der Waals surface area contributed by atoms with Gasteiger partial charge in [0.15, 0.2) is 0 Å². The van der Waals surface area contributed by atoms with Crippen molar-refractivity contribution in [2.45, 2.75) is 38.8 Å². The van der Waals surface area contributed by atoms with Crippen LogP contribution in [0.2, 0.25) is 5.02 Å². The molecule has 1 N–H and O–H groups in total. The molecule has 0 heterocycles. The molecule has 1 aromatic carbocycles. The Labute approximate surface area is 109 Å². The fraction of sp³-hybridized carbons (Fsp3) is 0.571. The second-order valence-corrected chi connectivity index (χ2v) is 5.10. The molecule has 0 unspecified atom stereocenters. The zero-order valence-corrected chi connectivity index (χ0v) is 11.4. The molecule has 1 aliphatic carbocycles. The number of halogens is 1. The van der Waals surface area contributed by atoms with Crippen molar-refractivity contribution < 1.29 is 0 Å². The topological polar surface area (TPSA) is 15.3 Å². The molecular formula is C14H21ClN2. The summed E-state index contributed by atoms with van der Waals surface area (Å²) in [6, 6.07) is 6.98. The largest absolute Gasteiger partial charge is 0.368 e. The lowest BCUT2D eigenvalue weighted by atomic mass is 10.1. The van der Waals surface area contributed by atoms with E-state index in [1.54, 1.807) is 0 Å². The average molecular weight is 253 g/mol. The van der Waals surface area contributed by atoms with Crippen molar-refractivity contribution in [2.75, 3.05) is 18.5 Å². The van der Waals surface area contributed by atoms with Gasteiger partial charge in [0.1, 0.15) is 0 Å². The first kappa shape index (κ1) is 12.7. The summed E-state index contributed by atoms with van der Waals surface area (Å²) in [5.41, 5.74) is 2.55. The highest BCUT2D eigenvalue weighted by molar-refractivity contribution is 6.31. The van der Waals surface area contributed by atoms with Gasteiger partial charge in [-0.15, -0.1) is 0 Å². The third kappa shape index (κ3) is 2.93. The Kier molecular flexibility index (Phi) is 4.30. The van der Waals surface area contributed by atoms with Gasteiger partial charge in [0.25, 0.3) is 0 Å². The molecule has 3 heteroatoms. The fourth-order valence-corrected chi connectivity index (χ4v) is 2.53.